The highest BCUT2D eigenvalue weighted by atomic mass is 16.5. The van der Waals surface area contributed by atoms with Crippen LogP contribution in [0.25, 0.3) is 0 Å². The lowest BCUT2D eigenvalue weighted by Gasteiger charge is -2.28. The van der Waals surface area contributed by atoms with E-state index in [0.717, 1.165) is 37.7 Å². The van der Waals surface area contributed by atoms with Crippen LogP contribution in [0.3, 0.4) is 0 Å². The number of rotatable bonds is 3. The first-order chi connectivity index (χ1) is 9.83. The van der Waals surface area contributed by atoms with Crippen molar-refractivity contribution in [2.75, 3.05) is 36.5 Å². The summed E-state index contributed by atoms with van der Waals surface area (Å²) in [4.78, 5) is 14.1. The van der Waals surface area contributed by atoms with Crippen LogP contribution in [-0.4, -0.2) is 47.6 Å². The number of carbonyl (C=O) groups is 1. The zero-order valence-electron chi connectivity index (χ0n) is 10.9. The molecule has 1 fully saturated rings. The lowest BCUT2D eigenvalue weighted by Crippen LogP contribution is -2.36. The van der Waals surface area contributed by atoms with E-state index in [-0.39, 0.29) is 11.6 Å². The van der Waals surface area contributed by atoms with E-state index in [2.05, 4.69) is 25.6 Å². The maximum absolute atomic E-state index is 11.8. The molecule has 0 bridgehead atoms. The maximum Gasteiger partial charge on any atom is 0.277 e. The van der Waals surface area contributed by atoms with Gasteiger partial charge in [0, 0.05) is 24.5 Å². The quantitative estimate of drug-likeness (QED) is 0.868. The van der Waals surface area contributed by atoms with Crippen molar-refractivity contribution in [3.63, 3.8) is 0 Å². The van der Waals surface area contributed by atoms with Gasteiger partial charge in [-0.25, -0.2) is 0 Å². The van der Waals surface area contributed by atoms with Gasteiger partial charge in [-0.3, -0.25) is 4.79 Å². The number of hydrogen-bond donors (Lipinski definition) is 2. The number of morpholine rings is 1. The van der Waals surface area contributed by atoms with E-state index in [4.69, 9.17) is 4.74 Å². The fourth-order valence-electron chi connectivity index (χ4n) is 2.08. The van der Waals surface area contributed by atoms with E-state index in [0.29, 0.717) is 0 Å². The molecular weight excluding hydrogens is 258 g/mol. The van der Waals surface area contributed by atoms with Crippen LogP contribution in [0, 0.1) is 0 Å². The Hall–Kier alpha value is -2.41. The Labute approximate surface area is 115 Å². The second-order valence-electron chi connectivity index (χ2n) is 4.46. The lowest BCUT2D eigenvalue weighted by molar-refractivity contribution is 0.102. The van der Waals surface area contributed by atoms with Gasteiger partial charge >= 0.3 is 0 Å². The summed E-state index contributed by atoms with van der Waals surface area (Å²) in [5.41, 5.74) is 2.13. The first-order valence-corrected chi connectivity index (χ1v) is 6.43. The van der Waals surface area contributed by atoms with Gasteiger partial charge in [0.1, 0.15) is 0 Å². The standard InChI is InChI=1S/C13H15N5O2/c19-13(12-9-14-17-16-12)15-10-1-3-11(4-2-10)18-5-7-20-8-6-18/h1-4,9H,5-8H2,(H,15,19)(H,14,16,17). The summed E-state index contributed by atoms with van der Waals surface area (Å²) in [5, 5.41) is 12.5. The summed E-state index contributed by atoms with van der Waals surface area (Å²) < 4.78 is 5.32. The molecule has 7 heteroatoms. The van der Waals surface area contributed by atoms with Crippen molar-refractivity contribution in [3.8, 4) is 0 Å². The third-order valence-electron chi connectivity index (χ3n) is 3.15. The van der Waals surface area contributed by atoms with E-state index in [1.165, 1.54) is 6.20 Å². The lowest BCUT2D eigenvalue weighted by atomic mass is 10.2. The van der Waals surface area contributed by atoms with Crippen molar-refractivity contribution in [1.82, 2.24) is 15.4 Å². The molecule has 0 saturated carbocycles. The number of hydrogen-bond acceptors (Lipinski definition) is 5. The number of carbonyl (C=O) groups excluding carboxylic acids is 1. The summed E-state index contributed by atoms with van der Waals surface area (Å²) in [7, 11) is 0. The van der Waals surface area contributed by atoms with Crippen LogP contribution in [0.1, 0.15) is 10.5 Å². The van der Waals surface area contributed by atoms with Crippen molar-refractivity contribution in [2.24, 2.45) is 0 Å². The summed E-state index contributed by atoms with van der Waals surface area (Å²) in [5.74, 6) is -0.280. The Morgan fingerprint density at radius 1 is 1.25 bits per heavy atom. The highest BCUT2D eigenvalue weighted by molar-refractivity contribution is 6.02. The molecule has 1 aromatic carbocycles. The second-order valence-corrected chi connectivity index (χ2v) is 4.46. The van der Waals surface area contributed by atoms with Crippen LogP contribution in [0.2, 0.25) is 0 Å². The first kappa shape index (κ1) is 12.6. The minimum Gasteiger partial charge on any atom is -0.378 e. The number of nitrogens with zero attached hydrogens (tertiary/aromatic N) is 3. The van der Waals surface area contributed by atoms with E-state index in [1.54, 1.807) is 0 Å². The molecule has 104 valence electrons. The molecule has 3 rings (SSSR count). The highest BCUT2D eigenvalue weighted by Gasteiger charge is 2.12. The zero-order chi connectivity index (χ0) is 13.8. The van der Waals surface area contributed by atoms with Gasteiger partial charge in [-0.1, -0.05) is 0 Å². The number of aromatic nitrogens is 3. The maximum atomic E-state index is 11.8. The number of nitrogens with one attached hydrogen (secondary N) is 2. The van der Waals surface area contributed by atoms with E-state index >= 15 is 0 Å². The Bertz CT molecular complexity index is 561. The van der Waals surface area contributed by atoms with Crippen molar-refractivity contribution >= 4 is 17.3 Å². The number of benzene rings is 1. The molecule has 1 amide bonds. The van der Waals surface area contributed by atoms with E-state index in [1.807, 2.05) is 24.3 Å². The number of ether oxygens (including phenoxy) is 1. The summed E-state index contributed by atoms with van der Waals surface area (Å²) >= 11 is 0. The van der Waals surface area contributed by atoms with Crippen LogP contribution in [0.15, 0.2) is 30.5 Å². The molecule has 0 unspecified atom stereocenters. The van der Waals surface area contributed by atoms with Crippen molar-refractivity contribution in [3.05, 3.63) is 36.2 Å². The molecule has 2 aromatic rings. The van der Waals surface area contributed by atoms with Gasteiger partial charge in [-0.05, 0) is 24.3 Å². The van der Waals surface area contributed by atoms with Gasteiger partial charge < -0.3 is 15.0 Å². The predicted molar refractivity (Wildman–Crippen MR) is 73.8 cm³/mol. The monoisotopic (exact) mass is 273 g/mol. The fraction of sp³-hybridized carbons (Fsp3) is 0.308. The smallest absolute Gasteiger partial charge is 0.277 e. The van der Waals surface area contributed by atoms with Gasteiger partial charge in [0.15, 0.2) is 5.69 Å². The number of aromatic amines is 1. The Morgan fingerprint density at radius 3 is 2.65 bits per heavy atom. The van der Waals surface area contributed by atoms with Gasteiger partial charge in [0.25, 0.3) is 5.91 Å². The van der Waals surface area contributed by atoms with E-state index < -0.39 is 0 Å². The highest BCUT2D eigenvalue weighted by Crippen LogP contribution is 2.19. The molecule has 0 spiro atoms. The molecule has 7 nitrogen and oxygen atoms in total. The molecule has 20 heavy (non-hydrogen) atoms. The molecule has 0 atom stereocenters. The third-order valence-corrected chi connectivity index (χ3v) is 3.15. The summed E-state index contributed by atoms with van der Waals surface area (Å²) in [6, 6.07) is 7.74. The molecule has 0 aliphatic carbocycles. The minimum atomic E-state index is -0.280. The molecule has 1 aliphatic heterocycles. The molecule has 2 heterocycles. The molecular formula is C13H15N5O2. The summed E-state index contributed by atoms with van der Waals surface area (Å²) in [6.45, 7) is 3.30. The largest absolute Gasteiger partial charge is 0.378 e. The van der Waals surface area contributed by atoms with Crippen molar-refractivity contribution in [1.29, 1.82) is 0 Å². The van der Waals surface area contributed by atoms with Crippen LogP contribution in [0.5, 0.6) is 0 Å². The van der Waals surface area contributed by atoms with Crippen LogP contribution < -0.4 is 10.2 Å². The molecule has 1 aliphatic rings. The molecule has 0 radical (unpaired) electrons. The number of amides is 1. The van der Waals surface area contributed by atoms with Gasteiger partial charge in [-0.15, -0.1) is 0 Å². The van der Waals surface area contributed by atoms with E-state index in [9.17, 15) is 4.79 Å². The van der Waals surface area contributed by atoms with Gasteiger partial charge in [-0.2, -0.15) is 15.4 Å². The zero-order valence-corrected chi connectivity index (χ0v) is 10.9. The number of H-pyrrole nitrogens is 1. The van der Waals surface area contributed by atoms with Crippen LogP contribution in [0.4, 0.5) is 11.4 Å². The average molecular weight is 273 g/mol. The summed E-state index contributed by atoms with van der Waals surface area (Å²) in [6.07, 6.45) is 1.39. The Morgan fingerprint density at radius 2 is 2.00 bits per heavy atom. The topological polar surface area (TPSA) is 83.1 Å². The normalized spacial score (nSPS) is 15.1. The predicted octanol–water partition coefficient (Wildman–Crippen LogP) is 0.894. The Balaban J connectivity index is 1.65. The molecule has 1 saturated heterocycles. The van der Waals surface area contributed by atoms with Gasteiger partial charge in [0.2, 0.25) is 0 Å². The molecule has 2 N–H and O–H groups in total. The van der Waals surface area contributed by atoms with Crippen LogP contribution >= 0.6 is 0 Å². The SMILES string of the molecule is O=C(Nc1ccc(N2CCOCC2)cc1)c1cn[nH]n1. The minimum absolute atomic E-state index is 0.266. The number of anilines is 2. The third kappa shape index (κ3) is 2.77. The van der Waals surface area contributed by atoms with Crippen molar-refractivity contribution in [2.45, 2.75) is 0 Å². The first-order valence-electron chi connectivity index (χ1n) is 6.43. The average Bonchev–Trinajstić information content (AvgIpc) is 3.03. The second kappa shape index (κ2) is 5.70. The van der Waals surface area contributed by atoms with Crippen molar-refractivity contribution < 1.29 is 9.53 Å². The van der Waals surface area contributed by atoms with Gasteiger partial charge in [0.05, 0.1) is 19.4 Å². The Kier molecular flexibility index (Phi) is 3.60. The van der Waals surface area contributed by atoms with Crippen LogP contribution in [-0.2, 0) is 4.74 Å². The fourth-order valence-corrected chi connectivity index (χ4v) is 2.08. The molecule has 1 aromatic heterocycles.